The molecule has 1 aliphatic rings. The molecule has 1 fully saturated rings. The summed E-state index contributed by atoms with van der Waals surface area (Å²) >= 11 is 0. The number of amides is 1. The molecular formula is C22H25F3N2O3. The summed E-state index contributed by atoms with van der Waals surface area (Å²) in [7, 11) is 1.61. The van der Waals surface area contributed by atoms with Crippen molar-refractivity contribution >= 4 is 5.91 Å². The van der Waals surface area contributed by atoms with Crippen LogP contribution >= 0.6 is 0 Å². The largest absolute Gasteiger partial charge is 0.496 e. The maximum Gasteiger partial charge on any atom is 0.417 e. The molecule has 0 spiro atoms. The summed E-state index contributed by atoms with van der Waals surface area (Å²) in [5.41, 5.74) is 1.11. The second kappa shape index (κ2) is 9.36. The first-order valence-corrected chi connectivity index (χ1v) is 9.87. The number of nitrogens with zero attached hydrogens (tertiary/aromatic N) is 1. The number of ether oxygens (including phenoxy) is 2. The lowest BCUT2D eigenvalue weighted by atomic mass is 9.92. The fourth-order valence-corrected chi connectivity index (χ4v) is 3.63. The van der Waals surface area contributed by atoms with Gasteiger partial charge in [-0.3, -0.25) is 4.79 Å². The lowest BCUT2D eigenvalue weighted by Crippen LogP contribution is -2.40. The first kappa shape index (κ1) is 21.9. The van der Waals surface area contributed by atoms with Crippen molar-refractivity contribution in [3.8, 4) is 11.6 Å². The highest BCUT2D eigenvalue weighted by Gasteiger charge is 2.31. The van der Waals surface area contributed by atoms with E-state index in [2.05, 4.69) is 10.3 Å². The SMILES string of the molecule is COc1ccc(CC(=O)NC2CCC(Oc3ccc(C(F)(F)F)cn3)CC2)cc1C. The highest BCUT2D eigenvalue weighted by Crippen LogP contribution is 2.30. The molecule has 2 aromatic rings. The number of methoxy groups -OCH3 is 1. The Morgan fingerprint density at radius 3 is 2.47 bits per heavy atom. The molecule has 0 radical (unpaired) electrons. The number of nitrogens with one attached hydrogen (secondary N) is 1. The van der Waals surface area contributed by atoms with Crippen LogP contribution in [0.3, 0.4) is 0 Å². The molecule has 1 heterocycles. The molecule has 1 aromatic carbocycles. The smallest absolute Gasteiger partial charge is 0.417 e. The summed E-state index contributed by atoms with van der Waals surface area (Å²) < 4.78 is 48.7. The van der Waals surface area contributed by atoms with Gasteiger partial charge in [-0.1, -0.05) is 12.1 Å². The Morgan fingerprint density at radius 2 is 1.90 bits per heavy atom. The lowest BCUT2D eigenvalue weighted by molar-refractivity contribution is -0.137. The average molecular weight is 422 g/mol. The van der Waals surface area contributed by atoms with Gasteiger partial charge >= 0.3 is 6.18 Å². The van der Waals surface area contributed by atoms with Crippen molar-refractivity contribution in [1.82, 2.24) is 10.3 Å². The summed E-state index contributed by atoms with van der Waals surface area (Å²) in [6.45, 7) is 1.94. The Hall–Kier alpha value is -2.77. The Labute approximate surface area is 173 Å². The number of alkyl halides is 3. The van der Waals surface area contributed by atoms with Gasteiger partial charge in [0, 0.05) is 18.3 Å². The van der Waals surface area contributed by atoms with Crippen LogP contribution in [0.2, 0.25) is 0 Å². The van der Waals surface area contributed by atoms with E-state index >= 15 is 0 Å². The molecule has 1 aliphatic carbocycles. The standard InChI is InChI=1S/C22H25F3N2O3/c1-14-11-15(3-9-19(14)29-2)12-20(28)27-17-5-7-18(8-6-17)30-21-10-4-16(13-26-21)22(23,24)25/h3-4,9-11,13,17-18H,5-8,12H2,1-2H3,(H,27,28). The van der Waals surface area contributed by atoms with Gasteiger partial charge in [0.15, 0.2) is 0 Å². The molecule has 8 heteroatoms. The minimum atomic E-state index is -4.41. The molecule has 0 unspecified atom stereocenters. The van der Waals surface area contributed by atoms with Crippen molar-refractivity contribution in [3.63, 3.8) is 0 Å². The number of hydrogen-bond donors (Lipinski definition) is 1. The second-order valence-corrected chi connectivity index (χ2v) is 7.52. The third-order valence-corrected chi connectivity index (χ3v) is 5.21. The topological polar surface area (TPSA) is 60.5 Å². The summed E-state index contributed by atoms with van der Waals surface area (Å²) in [6, 6.07) is 7.96. The zero-order chi connectivity index (χ0) is 21.7. The van der Waals surface area contributed by atoms with E-state index < -0.39 is 11.7 Å². The molecule has 0 saturated heterocycles. The number of carbonyl (C=O) groups excluding carboxylic acids is 1. The molecule has 30 heavy (non-hydrogen) atoms. The van der Waals surface area contributed by atoms with E-state index in [-0.39, 0.29) is 23.9 Å². The molecule has 1 N–H and O–H groups in total. The normalized spacial score (nSPS) is 19.2. The molecule has 5 nitrogen and oxygen atoms in total. The zero-order valence-electron chi connectivity index (χ0n) is 17.0. The predicted molar refractivity (Wildman–Crippen MR) is 105 cm³/mol. The van der Waals surface area contributed by atoms with Crippen molar-refractivity contribution in [2.24, 2.45) is 0 Å². The van der Waals surface area contributed by atoms with Gasteiger partial charge in [0.25, 0.3) is 0 Å². The molecular weight excluding hydrogens is 397 g/mol. The Kier molecular flexibility index (Phi) is 6.84. The van der Waals surface area contributed by atoms with Gasteiger partial charge in [-0.05, 0) is 55.9 Å². The first-order valence-electron chi connectivity index (χ1n) is 9.87. The third kappa shape index (κ3) is 5.87. The third-order valence-electron chi connectivity index (χ3n) is 5.21. The molecule has 0 aliphatic heterocycles. The van der Waals surface area contributed by atoms with Crippen LogP contribution in [0, 0.1) is 6.92 Å². The Morgan fingerprint density at radius 1 is 1.17 bits per heavy atom. The van der Waals surface area contributed by atoms with Crippen LogP contribution < -0.4 is 14.8 Å². The van der Waals surface area contributed by atoms with Crippen LogP contribution in [-0.2, 0) is 17.4 Å². The van der Waals surface area contributed by atoms with E-state index in [4.69, 9.17) is 9.47 Å². The fourth-order valence-electron chi connectivity index (χ4n) is 3.63. The Balaban J connectivity index is 1.44. The number of rotatable bonds is 6. The number of aryl methyl sites for hydroxylation is 1. The van der Waals surface area contributed by atoms with E-state index in [0.29, 0.717) is 19.3 Å². The van der Waals surface area contributed by atoms with Crippen LogP contribution in [0.15, 0.2) is 36.5 Å². The van der Waals surface area contributed by atoms with E-state index in [1.54, 1.807) is 7.11 Å². The molecule has 0 bridgehead atoms. The fraction of sp³-hybridized carbons (Fsp3) is 0.455. The van der Waals surface area contributed by atoms with Gasteiger partial charge in [-0.15, -0.1) is 0 Å². The maximum atomic E-state index is 12.6. The maximum absolute atomic E-state index is 12.6. The zero-order valence-corrected chi connectivity index (χ0v) is 17.0. The van der Waals surface area contributed by atoms with Crippen molar-refractivity contribution in [3.05, 3.63) is 53.2 Å². The van der Waals surface area contributed by atoms with Gasteiger partial charge in [0.05, 0.1) is 19.1 Å². The predicted octanol–water partition coefficient (Wildman–Crippen LogP) is 4.47. The van der Waals surface area contributed by atoms with Gasteiger partial charge in [-0.2, -0.15) is 13.2 Å². The minimum absolute atomic E-state index is 0.0339. The van der Waals surface area contributed by atoms with Crippen molar-refractivity contribution in [2.75, 3.05) is 7.11 Å². The van der Waals surface area contributed by atoms with Gasteiger partial charge in [-0.25, -0.2) is 4.98 Å². The van der Waals surface area contributed by atoms with E-state index in [9.17, 15) is 18.0 Å². The van der Waals surface area contributed by atoms with E-state index in [1.807, 2.05) is 25.1 Å². The van der Waals surface area contributed by atoms with Crippen LogP contribution in [0.4, 0.5) is 13.2 Å². The number of halogens is 3. The van der Waals surface area contributed by atoms with E-state index in [1.165, 1.54) is 6.07 Å². The number of benzene rings is 1. The summed E-state index contributed by atoms with van der Waals surface area (Å²) in [4.78, 5) is 16.1. The summed E-state index contributed by atoms with van der Waals surface area (Å²) in [5, 5.41) is 3.06. The van der Waals surface area contributed by atoms with Crippen molar-refractivity contribution in [1.29, 1.82) is 0 Å². The molecule has 1 amide bonds. The van der Waals surface area contributed by atoms with Gasteiger partial charge in [0.2, 0.25) is 11.8 Å². The molecule has 1 aromatic heterocycles. The first-order chi connectivity index (χ1) is 14.2. The molecule has 0 atom stereocenters. The molecule has 162 valence electrons. The van der Waals surface area contributed by atoms with Crippen LogP contribution in [0.25, 0.3) is 0 Å². The highest BCUT2D eigenvalue weighted by molar-refractivity contribution is 5.79. The van der Waals surface area contributed by atoms with Crippen LogP contribution in [-0.4, -0.2) is 30.1 Å². The van der Waals surface area contributed by atoms with E-state index in [0.717, 1.165) is 42.0 Å². The van der Waals surface area contributed by atoms with Crippen molar-refractivity contribution < 1.29 is 27.4 Å². The number of hydrogen-bond acceptors (Lipinski definition) is 4. The number of aromatic nitrogens is 1. The van der Waals surface area contributed by atoms with Gasteiger partial charge < -0.3 is 14.8 Å². The monoisotopic (exact) mass is 422 g/mol. The molecule has 3 rings (SSSR count). The summed E-state index contributed by atoms with van der Waals surface area (Å²) in [6.07, 6.45) is -0.542. The van der Waals surface area contributed by atoms with Crippen molar-refractivity contribution in [2.45, 2.75) is 57.3 Å². The van der Waals surface area contributed by atoms with Crippen LogP contribution in [0.5, 0.6) is 11.6 Å². The lowest BCUT2D eigenvalue weighted by Gasteiger charge is -2.29. The molecule has 1 saturated carbocycles. The quantitative estimate of drug-likeness (QED) is 0.747. The summed E-state index contributed by atoms with van der Waals surface area (Å²) in [5.74, 6) is 0.943. The number of pyridine rings is 1. The Bertz CT molecular complexity index is 861. The number of carbonyl (C=O) groups is 1. The van der Waals surface area contributed by atoms with Crippen LogP contribution in [0.1, 0.15) is 42.4 Å². The minimum Gasteiger partial charge on any atom is -0.496 e. The van der Waals surface area contributed by atoms with Gasteiger partial charge in [0.1, 0.15) is 11.9 Å². The highest BCUT2D eigenvalue weighted by atomic mass is 19.4. The second-order valence-electron chi connectivity index (χ2n) is 7.52. The average Bonchev–Trinajstić information content (AvgIpc) is 2.69.